The third-order valence-electron chi connectivity index (χ3n) is 4.56. The molecule has 0 bridgehead atoms. The largest absolute Gasteiger partial charge is 0.369 e. The number of hydrogen-bond donors (Lipinski definition) is 2. The molecule has 0 unspecified atom stereocenters. The van der Waals surface area contributed by atoms with E-state index in [1.54, 1.807) is 6.07 Å². The van der Waals surface area contributed by atoms with Crippen LogP contribution >= 0.6 is 11.6 Å². The SMILES string of the molecule is Fc1ccc(Nc2nc(NCC3CCC3)c3ccccc3n2)cc1Cl. The first-order valence-electron chi connectivity index (χ1n) is 8.42. The zero-order valence-electron chi connectivity index (χ0n) is 13.6. The minimum Gasteiger partial charge on any atom is -0.369 e. The van der Waals surface area contributed by atoms with Gasteiger partial charge in [0, 0.05) is 17.6 Å². The summed E-state index contributed by atoms with van der Waals surface area (Å²) < 4.78 is 13.3. The van der Waals surface area contributed by atoms with Crippen LogP contribution in [0, 0.1) is 11.7 Å². The number of nitrogens with zero attached hydrogens (tertiary/aromatic N) is 2. The van der Waals surface area contributed by atoms with E-state index in [1.807, 2.05) is 24.3 Å². The van der Waals surface area contributed by atoms with Crippen molar-refractivity contribution in [2.45, 2.75) is 19.3 Å². The highest BCUT2D eigenvalue weighted by molar-refractivity contribution is 6.31. The summed E-state index contributed by atoms with van der Waals surface area (Å²) in [5.41, 5.74) is 1.50. The van der Waals surface area contributed by atoms with Crippen molar-refractivity contribution in [3.8, 4) is 0 Å². The zero-order chi connectivity index (χ0) is 17.2. The van der Waals surface area contributed by atoms with Crippen LogP contribution in [0.3, 0.4) is 0 Å². The standard InChI is InChI=1S/C19H18ClFN4/c20-15-10-13(8-9-16(15)21)23-19-24-17-7-2-1-6-14(17)18(25-19)22-11-12-4-3-5-12/h1-2,6-10,12H,3-5,11H2,(H2,22,23,24,25). The smallest absolute Gasteiger partial charge is 0.229 e. The van der Waals surface area contributed by atoms with Gasteiger partial charge in [0.05, 0.1) is 10.5 Å². The lowest BCUT2D eigenvalue weighted by atomic mass is 9.85. The van der Waals surface area contributed by atoms with Crippen LogP contribution in [0.15, 0.2) is 42.5 Å². The highest BCUT2D eigenvalue weighted by Crippen LogP contribution is 2.29. The van der Waals surface area contributed by atoms with Crippen molar-refractivity contribution < 1.29 is 4.39 Å². The van der Waals surface area contributed by atoms with Crippen molar-refractivity contribution in [2.24, 2.45) is 5.92 Å². The number of para-hydroxylation sites is 1. The normalized spacial score (nSPS) is 14.3. The van der Waals surface area contributed by atoms with Crippen molar-refractivity contribution in [3.05, 3.63) is 53.3 Å². The van der Waals surface area contributed by atoms with E-state index >= 15 is 0 Å². The monoisotopic (exact) mass is 356 g/mol. The molecule has 0 saturated heterocycles. The molecule has 4 rings (SSSR count). The highest BCUT2D eigenvalue weighted by atomic mass is 35.5. The maximum absolute atomic E-state index is 13.3. The number of anilines is 3. The summed E-state index contributed by atoms with van der Waals surface area (Å²) in [5.74, 6) is 1.54. The Morgan fingerprint density at radius 1 is 1.12 bits per heavy atom. The summed E-state index contributed by atoms with van der Waals surface area (Å²) in [6, 6.07) is 12.3. The van der Waals surface area contributed by atoms with Crippen LogP contribution in [0.1, 0.15) is 19.3 Å². The Morgan fingerprint density at radius 2 is 1.96 bits per heavy atom. The minimum absolute atomic E-state index is 0.0640. The number of nitrogens with one attached hydrogen (secondary N) is 2. The van der Waals surface area contributed by atoms with E-state index in [4.69, 9.17) is 11.6 Å². The molecular weight excluding hydrogens is 339 g/mol. The molecule has 1 aliphatic carbocycles. The van der Waals surface area contributed by atoms with Crippen molar-refractivity contribution in [1.29, 1.82) is 0 Å². The van der Waals surface area contributed by atoms with Crippen molar-refractivity contribution in [1.82, 2.24) is 9.97 Å². The summed E-state index contributed by atoms with van der Waals surface area (Å²) in [7, 11) is 0. The number of benzene rings is 2. The topological polar surface area (TPSA) is 49.8 Å². The lowest BCUT2D eigenvalue weighted by Gasteiger charge is -2.26. The minimum atomic E-state index is -0.450. The molecule has 1 aromatic heterocycles. The van der Waals surface area contributed by atoms with Crippen LogP contribution in [-0.2, 0) is 0 Å². The van der Waals surface area contributed by atoms with E-state index in [0.717, 1.165) is 29.2 Å². The molecule has 0 spiro atoms. The Balaban J connectivity index is 1.64. The lowest BCUT2D eigenvalue weighted by Crippen LogP contribution is -2.21. The first kappa shape index (κ1) is 16.1. The van der Waals surface area contributed by atoms with Gasteiger partial charge in [-0.25, -0.2) is 9.37 Å². The van der Waals surface area contributed by atoms with Gasteiger partial charge in [0.2, 0.25) is 5.95 Å². The molecule has 1 fully saturated rings. The number of hydrogen-bond acceptors (Lipinski definition) is 4. The maximum atomic E-state index is 13.3. The van der Waals surface area contributed by atoms with Crippen molar-refractivity contribution in [2.75, 3.05) is 17.2 Å². The van der Waals surface area contributed by atoms with Gasteiger partial charge in [0.1, 0.15) is 11.6 Å². The van der Waals surface area contributed by atoms with Gasteiger partial charge < -0.3 is 10.6 Å². The molecule has 3 aromatic rings. The van der Waals surface area contributed by atoms with E-state index in [9.17, 15) is 4.39 Å². The van der Waals surface area contributed by atoms with Crippen LogP contribution in [0.25, 0.3) is 10.9 Å². The Morgan fingerprint density at radius 3 is 2.72 bits per heavy atom. The molecule has 0 aliphatic heterocycles. The Labute approximate surface area is 150 Å². The fraction of sp³-hybridized carbons (Fsp3) is 0.263. The second-order valence-corrected chi connectivity index (χ2v) is 6.75. The summed E-state index contributed by atoms with van der Waals surface area (Å²) >= 11 is 5.85. The maximum Gasteiger partial charge on any atom is 0.229 e. The van der Waals surface area contributed by atoms with Gasteiger partial charge in [0.15, 0.2) is 0 Å². The second kappa shape index (κ2) is 6.84. The van der Waals surface area contributed by atoms with Crippen LogP contribution < -0.4 is 10.6 Å². The van der Waals surface area contributed by atoms with Crippen LogP contribution in [0.4, 0.5) is 21.8 Å². The van der Waals surface area contributed by atoms with Gasteiger partial charge in [-0.1, -0.05) is 30.2 Å². The van der Waals surface area contributed by atoms with Crippen molar-refractivity contribution >= 4 is 40.0 Å². The van der Waals surface area contributed by atoms with Crippen molar-refractivity contribution in [3.63, 3.8) is 0 Å². The van der Waals surface area contributed by atoms with E-state index in [-0.39, 0.29) is 5.02 Å². The Kier molecular flexibility index (Phi) is 4.40. The summed E-state index contributed by atoms with van der Waals surface area (Å²) in [6.07, 6.45) is 3.86. The predicted molar refractivity (Wildman–Crippen MR) is 100 cm³/mol. The van der Waals surface area contributed by atoms with E-state index in [2.05, 4.69) is 20.6 Å². The predicted octanol–water partition coefficient (Wildman–Crippen LogP) is 5.38. The fourth-order valence-electron chi connectivity index (χ4n) is 2.91. The number of halogens is 2. The average molecular weight is 357 g/mol. The average Bonchev–Trinajstić information content (AvgIpc) is 2.57. The number of rotatable bonds is 5. The molecule has 0 radical (unpaired) electrons. The van der Waals surface area contributed by atoms with Gasteiger partial charge >= 0.3 is 0 Å². The summed E-state index contributed by atoms with van der Waals surface area (Å²) in [5, 5.41) is 7.62. The highest BCUT2D eigenvalue weighted by Gasteiger charge is 2.18. The molecule has 1 saturated carbocycles. The first-order chi connectivity index (χ1) is 12.2. The molecule has 25 heavy (non-hydrogen) atoms. The second-order valence-electron chi connectivity index (χ2n) is 6.34. The molecule has 6 heteroatoms. The van der Waals surface area contributed by atoms with E-state index < -0.39 is 5.82 Å². The quantitative estimate of drug-likeness (QED) is 0.644. The zero-order valence-corrected chi connectivity index (χ0v) is 14.4. The molecule has 128 valence electrons. The van der Waals surface area contributed by atoms with Crippen LogP contribution in [0.5, 0.6) is 0 Å². The van der Waals surface area contributed by atoms with Gasteiger partial charge in [-0.05, 0) is 49.1 Å². The van der Waals surface area contributed by atoms with Gasteiger partial charge in [-0.2, -0.15) is 4.98 Å². The third kappa shape index (κ3) is 3.51. The molecule has 0 atom stereocenters. The lowest BCUT2D eigenvalue weighted by molar-refractivity contribution is 0.333. The first-order valence-corrected chi connectivity index (χ1v) is 8.79. The molecule has 2 N–H and O–H groups in total. The van der Waals surface area contributed by atoms with Gasteiger partial charge in [-0.3, -0.25) is 0 Å². The van der Waals surface area contributed by atoms with Crippen LogP contribution in [0.2, 0.25) is 5.02 Å². The Hall–Kier alpha value is -2.40. The third-order valence-corrected chi connectivity index (χ3v) is 4.85. The molecule has 0 amide bonds. The summed E-state index contributed by atoms with van der Waals surface area (Å²) in [4.78, 5) is 9.15. The molecule has 2 aromatic carbocycles. The molecule has 1 heterocycles. The van der Waals surface area contributed by atoms with E-state index in [1.165, 1.54) is 31.4 Å². The number of fused-ring (bicyclic) bond motifs is 1. The van der Waals surface area contributed by atoms with Gasteiger partial charge in [0.25, 0.3) is 0 Å². The number of aromatic nitrogens is 2. The molecule has 4 nitrogen and oxygen atoms in total. The van der Waals surface area contributed by atoms with Crippen LogP contribution in [-0.4, -0.2) is 16.5 Å². The van der Waals surface area contributed by atoms with Gasteiger partial charge in [-0.15, -0.1) is 0 Å². The molecular formula is C19H18ClFN4. The van der Waals surface area contributed by atoms with E-state index in [0.29, 0.717) is 11.6 Å². The summed E-state index contributed by atoms with van der Waals surface area (Å²) in [6.45, 7) is 0.919. The Bertz CT molecular complexity index is 911. The molecule has 1 aliphatic rings. The fourth-order valence-corrected chi connectivity index (χ4v) is 3.09.